The summed E-state index contributed by atoms with van der Waals surface area (Å²) in [5.74, 6) is -0.398. The quantitative estimate of drug-likeness (QED) is 0.676. The minimum atomic E-state index is -0.398. The number of pyridine rings is 2. The highest BCUT2D eigenvalue weighted by atomic mass is 16.1. The summed E-state index contributed by atoms with van der Waals surface area (Å²) >= 11 is 0. The number of aryl methyl sites for hydroxylation is 2. The summed E-state index contributed by atoms with van der Waals surface area (Å²) in [5.41, 5.74) is 11.8. The molecule has 1 aromatic carbocycles. The van der Waals surface area contributed by atoms with Gasteiger partial charge in [0.15, 0.2) is 0 Å². The minimum Gasteiger partial charge on any atom is -0.366 e. The van der Waals surface area contributed by atoms with Crippen molar-refractivity contribution < 1.29 is 4.79 Å². The van der Waals surface area contributed by atoms with Crippen molar-refractivity contribution in [3.8, 4) is 0 Å². The molecule has 5 nitrogen and oxygen atoms in total. The second-order valence-corrected chi connectivity index (χ2v) is 8.11. The fourth-order valence-corrected chi connectivity index (χ4v) is 4.59. The van der Waals surface area contributed by atoms with Gasteiger partial charge >= 0.3 is 0 Å². The van der Waals surface area contributed by atoms with Crippen LogP contribution in [0, 0.1) is 13.8 Å². The Morgan fingerprint density at radius 2 is 1.57 bits per heavy atom. The predicted octanol–water partition coefficient (Wildman–Crippen LogP) is 4.66. The smallest absolute Gasteiger partial charge is 0.248 e. The number of nitrogens with zero attached hydrogens (tertiary/aromatic N) is 3. The van der Waals surface area contributed by atoms with Crippen molar-refractivity contribution in [2.75, 3.05) is 0 Å². The zero-order valence-electron chi connectivity index (χ0n) is 17.6. The molecule has 30 heavy (non-hydrogen) atoms. The fourth-order valence-electron chi connectivity index (χ4n) is 4.59. The first kappa shape index (κ1) is 20.2. The highest BCUT2D eigenvalue weighted by Crippen LogP contribution is 2.43. The van der Waals surface area contributed by atoms with E-state index >= 15 is 0 Å². The number of primary amides is 1. The third kappa shape index (κ3) is 4.12. The summed E-state index contributed by atoms with van der Waals surface area (Å²) in [7, 11) is 0. The Labute approximate surface area is 178 Å². The van der Waals surface area contributed by atoms with Gasteiger partial charge in [-0.15, -0.1) is 0 Å². The van der Waals surface area contributed by atoms with E-state index in [0.717, 1.165) is 36.2 Å². The van der Waals surface area contributed by atoms with Crippen LogP contribution in [0.5, 0.6) is 0 Å². The summed E-state index contributed by atoms with van der Waals surface area (Å²) in [6.07, 6.45) is 6.98. The van der Waals surface area contributed by atoms with Gasteiger partial charge < -0.3 is 5.73 Å². The van der Waals surface area contributed by atoms with Crippen LogP contribution >= 0.6 is 0 Å². The van der Waals surface area contributed by atoms with Crippen LogP contribution in [0.15, 0.2) is 60.9 Å². The molecule has 1 amide bonds. The van der Waals surface area contributed by atoms with E-state index < -0.39 is 5.91 Å². The Morgan fingerprint density at radius 1 is 0.967 bits per heavy atom. The van der Waals surface area contributed by atoms with Gasteiger partial charge in [0, 0.05) is 24.5 Å². The molecule has 1 saturated heterocycles. The summed E-state index contributed by atoms with van der Waals surface area (Å²) in [6, 6.07) is 16.3. The Kier molecular flexibility index (Phi) is 5.91. The Bertz CT molecular complexity index is 995. The van der Waals surface area contributed by atoms with Crippen molar-refractivity contribution in [2.45, 2.75) is 51.7 Å². The number of carbonyl (C=O) groups excluding carboxylic acids is 1. The van der Waals surface area contributed by atoms with Crippen LogP contribution in [0.4, 0.5) is 0 Å². The largest absolute Gasteiger partial charge is 0.366 e. The lowest BCUT2D eigenvalue weighted by molar-refractivity contribution is 0.0678. The third-order valence-electron chi connectivity index (χ3n) is 6.06. The topological polar surface area (TPSA) is 72.1 Å². The van der Waals surface area contributed by atoms with Crippen LogP contribution in [0.3, 0.4) is 0 Å². The monoisotopic (exact) mass is 400 g/mol. The van der Waals surface area contributed by atoms with Crippen LogP contribution in [-0.4, -0.2) is 20.8 Å². The maximum atomic E-state index is 11.7. The lowest BCUT2D eigenvalue weighted by Gasteiger charge is -2.42. The molecule has 0 unspecified atom stereocenters. The third-order valence-corrected chi connectivity index (χ3v) is 6.06. The van der Waals surface area contributed by atoms with Crippen molar-refractivity contribution >= 4 is 5.91 Å². The molecule has 3 heterocycles. The maximum absolute atomic E-state index is 11.7. The molecule has 1 fully saturated rings. The summed E-state index contributed by atoms with van der Waals surface area (Å²) in [6.45, 7) is 4.97. The zero-order chi connectivity index (χ0) is 21.1. The van der Waals surface area contributed by atoms with E-state index in [4.69, 9.17) is 15.7 Å². The van der Waals surface area contributed by atoms with E-state index in [2.05, 4.69) is 36.9 Å². The molecule has 1 aliphatic rings. The van der Waals surface area contributed by atoms with Gasteiger partial charge in [-0.3, -0.25) is 19.7 Å². The standard InChI is InChI=1S/C25H28N4O/c1-17-7-5-13-27-23(17)21-11-4-12-22(24-18(2)8-6-14-28-24)29(21)16-19-9-3-10-20(15-19)25(26)30/h3,5-10,13-15,21-22H,4,11-12,16H2,1-2H3,(H2,26,30)/t21-,22+. The van der Waals surface area contributed by atoms with Crippen LogP contribution < -0.4 is 5.73 Å². The number of benzene rings is 1. The SMILES string of the molecule is Cc1cccnc1[C@H]1CCC[C@@H](c2ncccc2C)N1Cc1cccc(C(N)=O)c1. The van der Waals surface area contributed by atoms with E-state index in [-0.39, 0.29) is 12.1 Å². The molecule has 0 saturated carbocycles. The van der Waals surface area contributed by atoms with Gasteiger partial charge in [-0.1, -0.05) is 24.3 Å². The van der Waals surface area contributed by atoms with Crippen molar-refractivity contribution in [3.63, 3.8) is 0 Å². The molecule has 2 atom stereocenters. The molecule has 0 aliphatic carbocycles. The first-order chi connectivity index (χ1) is 14.5. The molecule has 5 heteroatoms. The number of nitrogens with two attached hydrogens (primary N) is 1. The van der Waals surface area contributed by atoms with Crippen molar-refractivity contribution in [2.24, 2.45) is 5.73 Å². The van der Waals surface area contributed by atoms with Crippen molar-refractivity contribution in [3.05, 3.63) is 94.6 Å². The molecular weight excluding hydrogens is 372 g/mol. The Hall–Kier alpha value is -3.05. The van der Waals surface area contributed by atoms with Gasteiger partial charge in [-0.2, -0.15) is 0 Å². The first-order valence-corrected chi connectivity index (χ1v) is 10.5. The zero-order valence-corrected chi connectivity index (χ0v) is 17.6. The van der Waals surface area contributed by atoms with Crippen LogP contribution in [-0.2, 0) is 6.54 Å². The lowest BCUT2D eigenvalue weighted by atomic mass is 9.88. The average Bonchev–Trinajstić information content (AvgIpc) is 2.75. The molecule has 3 aromatic rings. The first-order valence-electron chi connectivity index (χ1n) is 10.5. The number of piperidine rings is 1. The molecule has 2 N–H and O–H groups in total. The van der Waals surface area contributed by atoms with Gasteiger partial charge in [-0.05, 0) is 74.1 Å². The average molecular weight is 401 g/mol. The van der Waals surface area contributed by atoms with Crippen molar-refractivity contribution in [1.29, 1.82) is 0 Å². The summed E-state index contributed by atoms with van der Waals surface area (Å²) in [5, 5.41) is 0. The second kappa shape index (κ2) is 8.76. The second-order valence-electron chi connectivity index (χ2n) is 8.11. The minimum absolute atomic E-state index is 0.198. The van der Waals surface area contributed by atoms with E-state index in [9.17, 15) is 4.79 Å². The number of amides is 1. The lowest BCUT2D eigenvalue weighted by Crippen LogP contribution is -2.37. The molecule has 154 valence electrons. The van der Waals surface area contributed by atoms with E-state index in [1.807, 2.05) is 36.7 Å². The van der Waals surface area contributed by atoms with Crippen LogP contribution in [0.1, 0.15) is 69.8 Å². The predicted molar refractivity (Wildman–Crippen MR) is 118 cm³/mol. The van der Waals surface area contributed by atoms with Crippen LogP contribution in [0.25, 0.3) is 0 Å². The van der Waals surface area contributed by atoms with Crippen molar-refractivity contribution in [1.82, 2.24) is 14.9 Å². The van der Waals surface area contributed by atoms with E-state index in [1.165, 1.54) is 11.1 Å². The molecule has 0 spiro atoms. The number of carbonyl (C=O) groups is 1. The number of rotatable bonds is 5. The number of hydrogen-bond acceptors (Lipinski definition) is 4. The molecule has 2 aromatic heterocycles. The molecule has 0 radical (unpaired) electrons. The molecule has 0 bridgehead atoms. The van der Waals surface area contributed by atoms with Gasteiger partial charge in [-0.25, -0.2) is 0 Å². The highest BCUT2D eigenvalue weighted by Gasteiger charge is 2.35. The Morgan fingerprint density at radius 3 is 2.10 bits per heavy atom. The van der Waals surface area contributed by atoms with Gasteiger partial charge in [0.05, 0.1) is 23.5 Å². The maximum Gasteiger partial charge on any atom is 0.248 e. The van der Waals surface area contributed by atoms with Gasteiger partial charge in [0.1, 0.15) is 0 Å². The number of likely N-dealkylation sites (tertiary alicyclic amines) is 1. The summed E-state index contributed by atoms with van der Waals surface area (Å²) in [4.78, 5) is 23.7. The van der Waals surface area contributed by atoms with E-state index in [1.54, 1.807) is 6.07 Å². The van der Waals surface area contributed by atoms with Gasteiger partial charge in [0.25, 0.3) is 0 Å². The van der Waals surface area contributed by atoms with Gasteiger partial charge in [0.2, 0.25) is 5.91 Å². The normalized spacial score (nSPS) is 19.5. The Balaban J connectivity index is 1.76. The fraction of sp³-hybridized carbons (Fsp3) is 0.320. The summed E-state index contributed by atoms with van der Waals surface area (Å²) < 4.78 is 0. The molecule has 1 aliphatic heterocycles. The van der Waals surface area contributed by atoms with E-state index in [0.29, 0.717) is 12.1 Å². The highest BCUT2D eigenvalue weighted by molar-refractivity contribution is 5.92. The number of hydrogen-bond donors (Lipinski definition) is 1. The molecular formula is C25H28N4O. The van der Waals surface area contributed by atoms with Crippen LogP contribution in [0.2, 0.25) is 0 Å². The number of aromatic nitrogens is 2. The molecule has 4 rings (SSSR count).